The molecule has 0 spiro atoms. The van der Waals surface area contributed by atoms with Crippen LogP contribution < -0.4 is 10.8 Å². The van der Waals surface area contributed by atoms with Gasteiger partial charge in [0.25, 0.3) is 0 Å². The number of aromatic amines is 1. The Hall–Kier alpha value is -2.08. The minimum Gasteiger partial charge on any atom is -0.364 e. The monoisotopic (exact) mass is 259 g/mol. The highest BCUT2D eigenvalue weighted by Crippen LogP contribution is 2.34. The van der Waals surface area contributed by atoms with Crippen LogP contribution in [0.4, 0.5) is 13.2 Å². The van der Waals surface area contributed by atoms with Crippen molar-refractivity contribution in [3.63, 3.8) is 0 Å². The molecule has 0 bridgehead atoms. The van der Waals surface area contributed by atoms with E-state index in [0.717, 1.165) is 6.20 Å². The second kappa shape index (κ2) is 3.71. The number of H-pyrrole nitrogens is 1. The van der Waals surface area contributed by atoms with Crippen molar-refractivity contribution in [3.05, 3.63) is 17.2 Å². The quantitative estimate of drug-likeness (QED) is 0.691. The van der Waals surface area contributed by atoms with Crippen molar-refractivity contribution in [2.24, 2.45) is 4.99 Å². The van der Waals surface area contributed by atoms with Crippen LogP contribution in [0.3, 0.4) is 0 Å². The van der Waals surface area contributed by atoms with E-state index in [0.29, 0.717) is 11.8 Å². The summed E-state index contributed by atoms with van der Waals surface area (Å²) >= 11 is 0. The summed E-state index contributed by atoms with van der Waals surface area (Å²) in [5, 5.41) is 18.6. The Morgan fingerprint density at radius 1 is 1.56 bits per heavy atom. The van der Waals surface area contributed by atoms with Crippen molar-refractivity contribution < 1.29 is 18.3 Å². The van der Waals surface area contributed by atoms with Crippen LogP contribution in [0.15, 0.2) is 11.3 Å². The molecule has 2 unspecified atom stereocenters. The number of hydrogen-bond acceptors (Lipinski definition) is 5. The highest BCUT2D eigenvalue weighted by Gasteiger charge is 2.55. The molecular formula is C9H8F3N5O. The Balaban J connectivity index is 2.56. The van der Waals surface area contributed by atoms with Crippen LogP contribution in [-0.4, -0.2) is 38.0 Å². The number of aliphatic hydroxyl groups is 1. The molecule has 6 nitrogen and oxygen atoms in total. The smallest absolute Gasteiger partial charge is 0.364 e. The summed E-state index contributed by atoms with van der Waals surface area (Å²) in [7, 11) is 0. The summed E-state index contributed by atoms with van der Waals surface area (Å²) in [6.07, 6.45) is -4.19. The molecule has 0 radical (unpaired) electrons. The molecule has 0 saturated carbocycles. The Kier molecular flexibility index (Phi) is 2.55. The van der Waals surface area contributed by atoms with E-state index in [1.54, 1.807) is 6.07 Å². The molecule has 0 fully saturated rings. The van der Waals surface area contributed by atoms with E-state index in [4.69, 9.17) is 5.26 Å². The maximum atomic E-state index is 12.7. The highest BCUT2D eigenvalue weighted by atomic mass is 19.4. The van der Waals surface area contributed by atoms with Gasteiger partial charge in [-0.1, -0.05) is 0 Å². The lowest BCUT2D eigenvalue weighted by atomic mass is 10.2. The van der Waals surface area contributed by atoms with Crippen molar-refractivity contribution in [1.29, 1.82) is 5.26 Å². The van der Waals surface area contributed by atoms with Crippen LogP contribution in [0.2, 0.25) is 0 Å². The number of halogens is 3. The molecule has 18 heavy (non-hydrogen) atoms. The maximum absolute atomic E-state index is 12.7. The molecule has 2 atom stereocenters. The standard InChI is InChI=1S/C9H8F3N5O/c1-8(18,9(10,11)12)17-3-5-7(15-4-14-5)16-6(17)2-13/h3-4,6,18H,1H3,(H,14,15,16). The topological polar surface area (TPSA) is 88.3 Å². The molecule has 96 valence electrons. The van der Waals surface area contributed by atoms with Crippen LogP contribution >= 0.6 is 0 Å². The van der Waals surface area contributed by atoms with Gasteiger partial charge in [-0.2, -0.15) is 18.4 Å². The molecule has 1 aliphatic heterocycles. The molecule has 1 aliphatic rings. The van der Waals surface area contributed by atoms with Gasteiger partial charge in [-0.25, -0.2) is 9.98 Å². The van der Waals surface area contributed by atoms with Gasteiger partial charge >= 0.3 is 6.18 Å². The molecule has 9 heteroatoms. The fourth-order valence-corrected chi connectivity index (χ4v) is 1.48. The van der Waals surface area contributed by atoms with Crippen molar-refractivity contribution in [1.82, 2.24) is 14.9 Å². The number of rotatable bonds is 1. The number of nitriles is 1. The van der Waals surface area contributed by atoms with Crippen LogP contribution in [0.1, 0.15) is 6.92 Å². The van der Waals surface area contributed by atoms with Crippen LogP contribution in [0.25, 0.3) is 6.20 Å². The molecule has 0 saturated heterocycles. The molecule has 2 rings (SSSR count). The van der Waals surface area contributed by atoms with Gasteiger partial charge in [-0.05, 0) is 6.92 Å². The molecule has 0 aromatic carbocycles. The van der Waals surface area contributed by atoms with Crippen molar-refractivity contribution in [3.8, 4) is 6.07 Å². The molecule has 0 aliphatic carbocycles. The lowest BCUT2D eigenvalue weighted by Crippen LogP contribution is -2.60. The van der Waals surface area contributed by atoms with Crippen molar-refractivity contribution in [2.75, 3.05) is 0 Å². The first-order valence-corrected chi connectivity index (χ1v) is 4.83. The molecule has 2 heterocycles. The minimum absolute atomic E-state index is 0.135. The first kappa shape index (κ1) is 12.4. The Labute approximate surface area is 98.7 Å². The zero-order valence-corrected chi connectivity index (χ0v) is 9.10. The van der Waals surface area contributed by atoms with Gasteiger partial charge in [-0.3, -0.25) is 0 Å². The zero-order chi connectivity index (χ0) is 13.6. The summed E-state index contributed by atoms with van der Waals surface area (Å²) in [5.41, 5.74) is -3.06. The first-order valence-electron chi connectivity index (χ1n) is 4.83. The predicted molar refractivity (Wildman–Crippen MR) is 51.8 cm³/mol. The third kappa shape index (κ3) is 1.70. The fourth-order valence-electron chi connectivity index (χ4n) is 1.48. The van der Waals surface area contributed by atoms with E-state index >= 15 is 0 Å². The van der Waals surface area contributed by atoms with Crippen molar-refractivity contribution >= 4 is 6.20 Å². The van der Waals surface area contributed by atoms with Gasteiger partial charge in [0, 0.05) is 6.20 Å². The van der Waals surface area contributed by atoms with E-state index < -0.39 is 18.1 Å². The van der Waals surface area contributed by atoms with Gasteiger partial charge in [0.15, 0.2) is 5.49 Å². The molecule has 1 aromatic rings. The molecule has 0 amide bonds. The molecular weight excluding hydrogens is 251 g/mol. The highest BCUT2D eigenvalue weighted by molar-refractivity contribution is 5.25. The fraction of sp³-hybridized carbons (Fsp3) is 0.444. The van der Waals surface area contributed by atoms with Gasteiger partial charge in [0.1, 0.15) is 11.4 Å². The van der Waals surface area contributed by atoms with Crippen LogP contribution in [-0.2, 0) is 0 Å². The largest absolute Gasteiger partial charge is 0.436 e. The average molecular weight is 259 g/mol. The number of aromatic nitrogens is 2. The van der Waals surface area contributed by atoms with Crippen molar-refractivity contribution in [2.45, 2.75) is 25.0 Å². The first-order chi connectivity index (χ1) is 8.27. The van der Waals surface area contributed by atoms with Gasteiger partial charge in [-0.15, -0.1) is 0 Å². The van der Waals surface area contributed by atoms with E-state index in [1.165, 1.54) is 6.33 Å². The summed E-state index contributed by atoms with van der Waals surface area (Å²) in [4.78, 5) is 10.5. The Bertz CT molecular complexity index is 611. The van der Waals surface area contributed by atoms with Crippen LogP contribution in [0, 0.1) is 11.3 Å². The number of hydrogen-bond donors (Lipinski definition) is 2. The van der Waals surface area contributed by atoms with Gasteiger partial charge in [0.05, 0.1) is 6.33 Å². The van der Waals surface area contributed by atoms with E-state index in [9.17, 15) is 18.3 Å². The van der Waals surface area contributed by atoms with E-state index in [1.807, 2.05) is 0 Å². The normalized spacial score (nSPS) is 22.2. The minimum atomic E-state index is -4.92. The molecule has 2 N–H and O–H groups in total. The van der Waals surface area contributed by atoms with Gasteiger partial charge < -0.3 is 15.0 Å². The Morgan fingerprint density at radius 2 is 2.22 bits per heavy atom. The number of nitrogens with zero attached hydrogens (tertiary/aromatic N) is 4. The third-order valence-electron chi connectivity index (χ3n) is 2.58. The number of imidazole rings is 1. The second-order valence-corrected chi connectivity index (χ2v) is 3.83. The van der Waals surface area contributed by atoms with Gasteiger partial charge in [0.2, 0.25) is 11.9 Å². The summed E-state index contributed by atoms with van der Waals surface area (Å²) in [6, 6.07) is 1.58. The summed E-state index contributed by atoms with van der Waals surface area (Å²) < 4.78 is 38.2. The zero-order valence-electron chi connectivity index (χ0n) is 9.10. The lowest BCUT2D eigenvalue weighted by Gasteiger charge is -2.38. The Morgan fingerprint density at radius 3 is 2.78 bits per heavy atom. The average Bonchev–Trinajstić information content (AvgIpc) is 2.72. The maximum Gasteiger partial charge on any atom is 0.436 e. The number of alkyl halides is 3. The van der Waals surface area contributed by atoms with E-state index in [-0.39, 0.29) is 10.8 Å². The third-order valence-corrected chi connectivity index (χ3v) is 2.58. The lowest BCUT2D eigenvalue weighted by molar-refractivity contribution is -0.298. The summed E-state index contributed by atoms with van der Waals surface area (Å²) in [5.74, 6) is 0. The number of fused-ring (bicyclic) bond motifs is 1. The van der Waals surface area contributed by atoms with E-state index in [2.05, 4.69) is 15.0 Å². The number of nitrogens with one attached hydrogen (secondary N) is 1. The van der Waals surface area contributed by atoms with Crippen LogP contribution in [0.5, 0.6) is 0 Å². The molecule has 1 aromatic heterocycles. The predicted octanol–water partition coefficient (Wildman–Crippen LogP) is -0.797. The second-order valence-electron chi connectivity index (χ2n) is 3.83. The summed E-state index contributed by atoms with van der Waals surface area (Å²) in [6.45, 7) is 0.560. The SMILES string of the molecule is CC(O)(N1C=c2[nH]cnc2=NC1C#N)C(F)(F)F.